The summed E-state index contributed by atoms with van der Waals surface area (Å²) < 4.78 is 19.6. The molecule has 1 amide bonds. The van der Waals surface area contributed by atoms with Crippen LogP contribution in [0.3, 0.4) is 0 Å². The third-order valence-electron chi connectivity index (χ3n) is 2.69. The molecule has 0 aliphatic carbocycles. The molecule has 1 N–H and O–H groups in total. The first-order valence-corrected chi connectivity index (χ1v) is 6.54. The molecule has 100 valence electrons. The number of carbonyl (C=O) groups excluding carboxylic acids is 1. The van der Waals surface area contributed by atoms with Crippen LogP contribution in [0.15, 0.2) is 51.5 Å². The summed E-state index contributed by atoms with van der Waals surface area (Å²) in [4.78, 5) is 16.1. The van der Waals surface area contributed by atoms with Crippen molar-refractivity contribution in [2.75, 3.05) is 5.32 Å². The monoisotopic (exact) mass is 334 g/mol. The first-order chi connectivity index (χ1) is 9.63. The van der Waals surface area contributed by atoms with E-state index < -0.39 is 11.7 Å². The number of rotatable bonds is 2. The lowest BCUT2D eigenvalue weighted by atomic mass is 10.3. The van der Waals surface area contributed by atoms with E-state index in [-0.39, 0.29) is 11.4 Å². The molecule has 0 aliphatic heterocycles. The highest BCUT2D eigenvalue weighted by Gasteiger charge is 2.14. The van der Waals surface area contributed by atoms with Gasteiger partial charge in [-0.3, -0.25) is 9.78 Å². The van der Waals surface area contributed by atoms with Crippen LogP contribution < -0.4 is 5.32 Å². The number of carbonyl (C=O) groups is 1. The zero-order valence-corrected chi connectivity index (χ0v) is 11.6. The summed E-state index contributed by atoms with van der Waals surface area (Å²) in [6.07, 6.45) is 1.61. The standard InChI is InChI=1S/C14H8BrFN2O2/c15-8-3-4-10(9(16)6-8)18-14(19)13-7-11-12(20-13)2-1-5-17-11/h1-7H,(H,18,19). The predicted octanol–water partition coefficient (Wildman–Crippen LogP) is 3.98. The Morgan fingerprint density at radius 3 is 2.90 bits per heavy atom. The molecule has 0 bridgehead atoms. The van der Waals surface area contributed by atoms with Crippen LogP contribution >= 0.6 is 15.9 Å². The van der Waals surface area contributed by atoms with Crippen molar-refractivity contribution in [3.8, 4) is 0 Å². The molecular formula is C14H8BrFN2O2. The zero-order chi connectivity index (χ0) is 14.1. The van der Waals surface area contributed by atoms with Gasteiger partial charge in [0, 0.05) is 16.7 Å². The van der Waals surface area contributed by atoms with Crippen LogP contribution in [-0.4, -0.2) is 10.9 Å². The second kappa shape index (κ2) is 5.05. The Hall–Kier alpha value is -2.21. The van der Waals surface area contributed by atoms with Crippen molar-refractivity contribution in [2.45, 2.75) is 0 Å². The van der Waals surface area contributed by atoms with Gasteiger partial charge in [0.05, 0.1) is 5.69 Å². The molecule has 3 aromatic rings. The molecule has 0 fully saturated rings. The maximum Gasteiger partial charge on any atom is 0.291 e. The van der Waals surface area contributed by atoms with Crippen molar-refractivity contribution in [2.24, 2.45) is 0 Å². The lowest BCUT2D eigenvalue weighted by molar-refractivity contribution is 0.0998. The largest absolute Gasteiger partial charge is 0.449 e. The fourth-order valence-corrected chi connectivity index (χ4v) is 2.09. The molecule has 0 radical (unpaired) electrons. The summed E-state index contributed by atoms with van der Waals surface area (Å²) in [7, 11) is 0. The van der Waals surface area contributed by atoms with E-state index in [4.69, 9.17) is 4.42 Å². The number of furan rings is 1. The molecule has 2 heterocycles. The number of fused-ring (bicyclic) bond motifs is 1. The Morgan fingerprint density at radius 2 is 2.15 bits per heavy atom. The number of amides is 1. The van der Waals surface area contributed by atoms with Crippen molar-refractivity contribution in [3.63, 3.8) is 0 Å². The molecule has 0 saturated carbocycles. The number of nitrogens with zero attached hydrogens (tertiary/aromatic N) is 1. The third-order valence-corrected chi connectivity index (χ3v) is 3.18. The van der Waals surface area contributed by atoms with Gasteiger partial charge < -0.3 is 9.73 Å². The summed E-state index contributed by atoms with van der Waals surface area (Å²) in [5.41, 5.74) is 1.18. The van der Waals surface area contributed by atoms with E-state index >= 15 is 0 Å². The highest BCUT2D eigenvalue weighted by atomic mass is 79.9. The van der Waals surface area contributed by atoms with Gasteiger partial charge >= 0.3 is 0 Å². The lowest BCUT2D eigenvalue weighted by Crippen LogP contribution is -2.11. The molecular weight excluding hydrogens is 327 g/mol. The Balaban J connectivity index is 1.89. The lowest BCUT2D eigenvalue weighted by Gasteiger charge is -2.04. The number of hydrogen-bond acceptors (Lipinski definition) is 3. The fraction of sp³-hybridized carbons (Fsp3) is 0. The van der Waals surface area contributed by atoms with Gasteiger partial charge in [0.2, 0.25) is 0 Å². The second-order valence-corrected chi connectivity index (χ2v) is 4.99. The Morgan fingerprint density at radius 1 is 1.30 bits per heavy atom. The molecule has 2 aromatic heterocycles. The van der Waals surface area contributed by atoms with E-state index in [9.17, 15) is 9.18 Å². The molecule has 0 aliphatic rings. The van der Waals surface area contributed by atoms with Crippen LogP contribution in [-0.2, 0) is 0 Å². The zero-order valence-electron chi connectivity index (χ0n) is 10.1. The summed E-state index contributed by atoms with van der Waals surface area (Å²) in [6.45, 7) is 0. The quantitative estimate of drug-likeness (QED) is 0.771. The molecule has 0 atom stereocenters. The average Bonchev–Trinajstić information content (AvgIpc) is 2.86. The Bertz CT molecular complexity index is 768. The summed E-state index contributed by atoms with van der Waals surface area (Å²) >= 11 is 3.15. The fourth-order valence-electron chi connectivity index (χ4n) is 1.76. The van der Waals surface area contributed by atoms with Crippen molar-refractivity contribution >= 4 is 38.6 Å². The van der Waals surface area contributed by atoms with Crippen LogP contribution in [0.2, 0.25) is 0 Å². The maximum atomic E-state index is 13.6. The summed E-state index contributed by atoms with van der Waals surface area (Å²) in [6, 6.07) is 9.32. The Kier molecular flexibility index (Phi) is 3.23. The number of nitrogens with one attached hydrogen (secondary N) is 1. The second-order valence-electron chi connectivity index (χ2n) is 4.08. The van der Waals surface area contributed by atoms with Crippen LogP contribution in [0.25, 0.3) is 11.1 Å². The minimum atomic E-state index is -0.526. The van der Waals surface area contributed by atoms with E-state index in [1.165, 1.54) is 18.2 Å². The molecule has 0 spiro atoms. The van der Waals surface area contributed by atoms with E-state index in [2.05, 4.69) is 26.2 Å². The molecule has 4 nitrogen and oxygen atoms in total. The molecule has 6 heteroatoms. The number of pyridine rings is 1. The van der Waals surface area contributed by atoms with Gasteiger partial charge in [-0.25, -0.2) is 4.39 Å². The third kappa shape index (κ3) is 2.42. The number of aromatic nitrogens is 1. The molecule has 0 saturated heterocycles. The summed E-state index contributed by atoms with van der Waals surface area (Å²) in [5.74, 6) is -0.966. The Labute approximate surface area is 121 Å². The van der Waals surface area contributed by atoms with E-state index in [1.54, 1.807) is 24.4 Å². The number of hydrogen-bond donors (Lipinski definition) is 1. The van der Waals surface area contributed by atoms with Crippen molar-refractivity contribution < 1.29 is 13.6 Å². The van der Waals surface area contributed by atoms with Gasteiger partial charge in [-0.1, -0.05) is 15.9 Å². The highest BCUT2D eigenvalue weighted by molar-refractivity contribution is 9.10. The molecule has 0 unspecified atom stereocenters. The normalized spacial score (nSPS) is 10.7. The first kappa shape index (κ1) is 12.8. The highest BCUT2D eigenvalue weighted by Crippen LogP contribution is 2.21. The van der Waals surface area contributed by atoms with Crippen LogP contribution in [0.1, 0.15) is 10.6 Å². The van der Waals surface area contributed by atoms with Gasteiger partial charge in [0.1, 0.15) is 11.3 Å². The SMILES string of the molecule is O=C(Nc1ccc(Br)cc1F)c1cc2ncccc2o1. The molecule has 3 rings (SSSR count). The first-order valence-electron chi connectivity index (χ1n) is 5.74. The minimum absolute atomic E-state index is 0.0843. The number of halogens is 2. The number of benzene rings is 1. The van der Waals surface area contributed by atoms with Crippen molar-refractivity contribution in [3.05, 3.63) is 58.6 Å². The van der Waals surface area contributed by atoms with E-state index in [0.717, 1.165) is 0 Å². The molecule has 1 aromatic carbocycles. The van der Waals surface area contributed by atoms with Crippen LogP contribution in [0.5, 0.6) is 0 Å². The van der Waals surface area contributed by atoms with Crippen LogP contribution in [0.4, 0.5) is 10.1 Å². The predicted molar refractivity (Wildman–Crippen MR) is 76.1 cm³/mol. The van der Waals surface area contributed by atoms with Gasteiger partial charge in [0.15, 0.2) is 11.3 Å². The molecule has 20 heavy (non-hydrogen) atoms. The van der Waals surface area contributed by atoms with Crippen LogP contribution in [0, 0.1) is 5.82 Å². The van der Waals surface area contributed by atoms with Gasteiger partial charge in [0.25, 0.3) is 5.91 Å². The van der Waals surface area contributed by atoms with Crippen molar-refractivity contribution in [1.82, 2.24) is 4.98 Å². The van der Waals surface area contributed by atoms with Gasteiger partial charge in [-0.05, 0) is 30.3 Å². The average molecular weight is 335 g/mol. The van der Waals surface area contributed by atoms with Gasteiger partial charge in [-0.2, -0.15) is 0 Å². The smallest absolute Gasteiger partial charge is 0.291 e. The maximum absolute atomic E-state index is 13.6. The van der Waals surface area contributed by atoms with Gasteiger partial charge in [-0.15, -0.1) is 0 Å². The van der Waals surface area contributed by atoms with Crippen molar-refractivity contribution in [1.29, 1.82) is 0 Å². The number of anilines is 1. The van der Waals surface area contributed by atoms with E-state index in [1.807, 2.05) is 0 Å². The topological polar surface area (TPSA) is 55.1 Å². The minimum Gasteiger partial charge on any atom is -0.449 e. The summed E-state index contributed by atoms with van der Waals surface area (Å²) in [5, 5.41) is 2.46. The van der Waals surface area contributed by atoms with E-state index in [0.29, 0.717) is 15.6 Å².